The first-order valence-corrected chi connectivity index (χ1v) is 8.35. The van der Waals surface area contributed by atoms with Gasteiger partial charge < -0.3 is 4.90 Å². The molecule has 4 rings (SSSR count). The summed E-state index contributed by atoms with van der Waals surface area (Å²) in [5.74, 6) is -2.18. The maximum absolute atomic E-state index is 14.5. The Bertz CT molecular complexity index is 1140. The number of aryl methyl sites for hydroxylation is 1. The lowest BCUT2D eigenvalue weighted by molar-refractivity contribution is -0.137. The quantitative estimate of drug-likeness (QED) is 0.523. The van der Waals surface area contributed by atoms with E-state index in [1.807, 2.05) is 0 Å². The minimum Gasteiger partial charge on any atom is -0.305 e. The van der Waals surface area contributed by atoms with Crippen molar-refractivity contribution in [1.82, 2.24) is 9.55 Å². The van der Waals surface area contributed by atoms with E-state index in [9.17, 15) is 26.3 Å². The van der Waals surface area contributed by atoms with Gasteiger partial charge in [-0.3, -0.25) is 4.57 Å². The van der Waals surface area contributed by atoms with Crippen LogP contribution in [-0.4, -0.2) is 15.8 Å². The molecule has 0 spiro atoms. The first kappa shape index (κ1) is 19.0. The topological polar surface area (TPSA) is 33.4 Å². The maximum Gasteiger partial charge on any atom is 0.416 e. The number of allylic oxidation sites excluding steroid dienone is 1. The molecule has 3 aromatic rings. The highest BCUT2D eigenvalue weighted by Crippen LogP contribution is 2.35. The number of hydrogen-bond donors (Lipinski definition) is 0. The van der Waals surface area contributed by atoms with Crippen LogP contribution in [0.5, 0.6) is 0 Å². The zero-order valence-electron chi connectivity index (χ0n) is 14.8. The van der Waals surface area contributed by atoms with Crippen molar-refractivity contribution in [2.24, 2.45) is 4.99 Å². The van der Waals surface area contributed by atoms with Gasteiger partial charge in [-0.25, -0.2) is 23.1 Å². The molecule has 0 fully saturated rings. The van der Waals surface area contributed by atoms with Gasteiger partial charge in [-0.15, -0.1) is 0 Å². The molecule has 0 aliphatic carbocycles. The van der Waals surface area contributed by atoms with Crippen LogP contribution in [0.3, 0.4) is 0 Å². The van der Waals surface area contributed by atoms with Crippen LogP contribution < -0.4 is 4.90 Å². The molecule has 0 saturated heterocycles. The highest BCUT2D eigenvalue weighted by atomic mass is 19.4. The molecule has 1 unspecified atom stereocenters. The fraction of sp³-hybridized carbons (Fsp3) is 0.158. The number of imidazole rings is 1. The Balaban J connectivity index is 1.84. The Morgan fingerprint density at radius 2 is 1.69 bits per heavy atom. The van der Waals surface area contributed by atoms with E-state index in [4.69, 9.17) is 0 Å². The lowest BCUT2D eigenvalue weighted by Gasteiger charge is -2.32. The molecule has 0 bridgehead atoms. The molecule has 150 valence electrons. The summed E-state index contributed by atoms with van der Waals surface area (Å²) in [6, 6.07) is 5.76. The number of hydrogen-bond acceptors (Lipinski definition) is 3. The summed E-state index contributed by atoms with van der Waals surface area (Å²) in [4.78, 5) is 9.42. The van der Waals surface area contributed by atoms with Gasteiger partial charge in [-0.1, -0.05) is 0 Å². The summed E-state index contributed by atoms with van der Waals surface area (Å²) in [5, 5.41) is 0. The van der Waals surface area contributed by atoms with Crippen molar-refractivity contribution in [1.29, 1.82) is 0 Å². The molecular formula is C19H12F6N4. The van der Waals surface area contributed by atoms with Gasteiger partial charge in [0, 0.05) is 24.0 Å². The first-order valence-electron chi connectivity index (χ1n) is 8.35. The third-order valence-electron chi connectivity index (χ3n) is 4.45. The lowest BCUT2D eigenvalue weighted by atomic mass is 10.2. The summed E-state index contributed by atoms with van der Waals surface area (Å²) in [6.07, 6.45) is -3.65. The van der Waals surface area contributed by atoms with E-state index in [1.54, 1.807) is 0 Å². The van der Waals surface area contributed by atoms with Gasteiger partial charge >= 0.3 is 6.18 Å². The standard InChI is InChI=1S/C19H12F6N4/c1-10-27-16-7-12(20)6-15(22)17(16)29(10)18-26-8-13(21)9-28(18)14-4-2-11(3-5-14)19(23,24)25/h2-9,18H,1H3. The Kier molecular flexibility index (Phi) is 4.36. The Labute approximate surface area is 160 Å². The normalized spacial score (nSPS) is 17.1. The van der Waals surface area contributed by atoms with Crippen LogP contribution in [0.2, 0.25) is 0 Å². The lowest BCUT2D eigenvalue weighted by Crippen LogP contribution is -2.30. The predicted octanol–water partition coefficient (Wildman–Crippen LogP) is 5.50. The Morgan fingerprint density at radius 1 is 1.00 bits per heavy atom. The zero-order valence-corrected chi connectivity index (χ0v) is 14.8. The van der Waals surface area contributed by atoms with Crippen molar-refractivity contribution in [3.8, 4) is 0 Å². The maximum atomic E-state index is 14.5. The number of benzene rings is 2. The van der Waals surface area contributed by atoms with Gasteiger partial charge in [0.2, 0.25) is 6.29 Å². The molecule has 4 nitrogen and oxygen atoms in total. The van der Waals surface area contributed by atoms with Crippen LogP contribution >= 0.6 is 0 Å². The van der Waals surface area contributed by atoms with Crippen LogP contribution in [0.1, 0.15) is 17.7 Å². The Hall–Kier alpha value is -3.30. The van der Waals surface area contributed by atoms with E-state index in [1.165, 1.54) is 16.4 Å². The van der Waals surface area contributed by atoms with E-state index in [0.717, 1.165) is 42.7 Å². The van der Waals surface area contributed by atoms with Crippen molar-refractivity contribution in [3.05, 3.63) is 71.4 Å². The van der Waals surface area contributed by atoms with Gasteiger partial charge in [0.15, 0.2) is 11.6 Å². The summed E-state index contributed by atoms with van der Waals surface area (Å²) >= 11 is 0. The minimum atomic E-state index is -4.52. The SMILES string of the molecule is Cc1nc2cc(F)cc(F)c2n1C1N=CC(F)=CN1c1ccc(C(F)(F)F)cc1. The van der Waals surface area contributed by atoms with Crippen LogP contribution in [0.4, 0.5) is 32.0 Å². The fourth-order valence-corrected chi connectivity index (χ4v) is 3.21. The molecule has 2 aromatic carbocycles. The second-order valence-corrected chi connectivity index (χ2v) is 6.37. The number of halogens is 6. The Morgan fingerprint density at radius 3 is 2.34 bits per heavy atom. The molecule has 0 radical (unpaired) electrons. The summed E-state index contributed by atoms with van der Waals surface area (Å²) in [7, 11) is 0. The number of fused-ring (bicyclic) bond motifs is 1. The molecule has 10 heteroatoms. The highest BCUT2D eigenvalue weighted by molar-refractivity contribution is 5.80. The van der Waals surface area contributed by atoms with Gasteiger partial charge in [-0.2, -0.15) is 13.2 Å². The zero-order chi connectivity index (χ0) is 20.9. The van der Waals surface area contributed by atoms with Crippen LogP contribution in [0, 0.1) is 18.6 Å². The van der Waals surface area contributed by atoms with E-state index in [2.05, 4.69) is 9.98 Å². The summed E-state index contributed by atoms with van der Waals surface area (Å²) in [5.41, 5.74) is -0.691. The van der Waals surface area contributed by atoms with E-state index in [-0.39, 0.29) is 22.5 Å². The van der Waals surface area contributed by atoms with Gasteiger partial charge in [0.05, 0.1) is 17.3 Å². The van der Waals surface area contributed by atoms with Crippen molar-refractivity contribution in [2.45, 2.75) is 19.4 Å². The van der Waals surface area contributed by atoms with Crippen LogP contribution in [-0.2, 0) is 6.18 Å². The van der Waals surface area contributed by atoms with E-state index >= 15 is 0 Å². The molecule has 1 aliphatic heterocycles. The molecule has 0 amide bonds. The fourth-order valence-electron chi connectivity index (χ4n) is 3.21. The molecule has 2 heterocycles. The molecule has 1 aromatic heterocycles. The number of anilines is 1. The first-order chi connectivity index (χ1) is 13.6. The minimum absolute atomic E-state index is 0.0394. The molecule has 0 N–H and O–H groups in total. The van der Waals surface area contributed by atoms with Crippen molar-refractivity contribution < 1.29 is 26.3 Å². The number of aliphatic imine (C=N–C) groups is 1. The van der Waals surface area contributed by atoms with Crippen molar-refractivity contribution in [2.75, 3.05) is 4.90 Å². The molecule has 0 saturated carbocycles. The number of nitrogens with zero attached hydrogens (tertiary/aromatic N) is 4. The van der Waals surface area contributed by atoms with Gasteiger partial charge in [-0.05, 0) is 31.2 Å². The van der Waals surface area contributed by atoms with Gasteiger partial charge in [0.1, 0.15) is 17.2 Å². The second-order valence-electron chi connectivity index (χ2n) is 6.37. The smallest absolute Gasteiger partial charge is 0.305 e. The largest absolute Gasteiger partial charge is 0.416 e. The third kappa shape index (κ3) is 3.34. The van der Waals surface area contributed by atoms with Crippen molar-refractivity contribution in [3.63, 3.8) is 0 Å². The second kappa shape index (κ2) is 6.64. The number of alkyl halides is 3. The number of aromatic nitrogens is 2. The van der Waals surface area contributed by atoms with E-state index in [0.29, 0.717) is 6.07 Å². The van der Waals surface area contributed by atoms with Crippen LogP contribution in [0.25, 0.3) is 11.0 Å². The molecular weight excluding hydrogens is 398 g/mol. The third-order valence-corrected chi connectivity index (χ3v) is 4.45. The van der Waals surface area contributed by atoms with E-state index < -0.39 is 35.5 Å². The average molecular weight is 410 g/mol. The average Bonchev–Trinajstić information content (AvgIpc) is 2.97. The van der Waals surface area contributed by atoms with Crippen molar-refractivity contribution >= 4 is 22.9 Å². The summed E-state index contributed by atoms with van der Waals surface area (Å²) in [6.45, 7) is 1.53. The highest BCUT2D eigenvalue weighted by Gasteiger charge is 2.31. The van der Waals surface area contributed by atoms with Gasteiger partial charge in [0.25, 0.3) is 0 Å². The number of rotatable bonds is 2. The molecule has 1 aliphatic rings. The monoisotopic (exact) mass is 410 g/mol. The summed E-state index contributed by atoms with van der Waals surface area (Å²) < 4.78 is 81.7. The predicted molar refractivity (Wildman–Crippen MR) is 95.0 cm³/mol. The molecule has 1 atom stereocenters. The van der Waals surface area contributed by atoms with Crippen LogP contribution in [0.15, 0.2) is 53.4 Å². The molecule has 29 heavy (non-hydrogen) atoms.